The van der Waals surface area contributed by atoms with Gasteiger partial charge >= 0.3 is 0 Å². The summed E-state index contributed by atoms with van der Waals surface area (Å²) in [5.41, 5.74) is 30.6. The Kier molecular flexibility index (Phi) is 16.0. The van der Waals surface area contributed by atoms with E-state index < -0.39 is 0 Å². The van der Waals surface area contributed by atoms with E-state index in [4.69, 9.17) is 52.0 Å². The van der Waals surface area contributed by atoms with Crippen molar-refractivity contribution < 1.29 is 22.1 Å². The molecule has 0 N–H and O–H groups in total. The zero-order chi connectivity index (χ0) is 97.2. The topological polar surface area (TPSA) is 158 Å². The van der Waals surface area contributed by atoms with E-state index in [0.717, 1.165) is 254 Å². The van der Waals surface area contributed by atoms with E-state index in [2.05, 4.69) is 355 Å². The van der Waals surface area contributed by atoms with Crippen molar-refractivity contribution in [1.29, 1.82) is 0 Å². The molecule has 690 valence electrons. The number of fused-ring (bicyclic) bond motifs is 24. The number of benzene rings is 21. The van der Waals surface area contributed by atoms with E-state index in [1.165, 1.54) is 92.4 Å². The molecule has 0 amide bonds. The molecule has 0 radical (unpaired) electrons. The molecule has 14 heteroatoms. The second-order valence-corrected chi connectivity index (χ2v) is 40.2. The first-order valence-electron chi connectivity index (χ1n) is 50.6. The fraction of sp³-hybridized carbons (Fsp3) is 0.0222. The minimum atomic E-state index is -0.279. The molecule has 0 aliphatic heterocycles. The number of aromatic nitrogens is 9. The summed E-state index contributed by atoms with van der Waals surface area (Å²) in [5, 5.41) is 32.1. The van der Waals surface area contributed by atoms with Crippen molar-refractivity contribution in [2.45, 2.75) is 19.3 Å². The fourth-order valence-corrected chi connectivity index (χ4v) is 26.0. The first-order chi connectivity index (χ1) is 73.7. The maximum atomic E-state index is 6.94. The predicted molar refractivity (Wildman–Crippen MR) is 610 cm³/mol. The third-order valence-corrected chi connectivity index (χ3v) is 32.1. The number of hydrogen-bond acceptors (Lipinski definition) is 11. The molecule has 14 nitrogen and oxygen atoms in total. The van der Waals surface area contributed by atoms with Gasteiger partial charge in [0.1, 0.15) is 67.3 Å². The summed E-state index contributed by atoms with van der Waals surface area (Å²) >= 11 is 0. The van der Waals surface area contributed by atoms with Crippen LogP contribution in [0.5, 0.6) is 0 Å². The highest BCUT2D eigenvalue weighted by molar-refractivity contribution is 6.45. The molecule has 11 heterocycles. The molecule has 11 aromatic heterocycles. The van der Waals surface area contributed by atoms with Gasteiger partial charge in [-0.05, 0) is 208 Å². The van der Waals surface area contributed by atoms with Gasteiger partial charge in [0.05, 0.1) is 71.6 Å². The van der Waals surface area contributed by atoms with Gasteiger partial charge in [-0.25, -0.2) is 29.9 Å². The monoisotopic (exact) mass is 1900 g/mol. The van der Waals surface area contributed by atoms with E-state index in [1.54, 1.807) is 0 Å². The molecule has 0 fully saturated rings. The summed E-state index contributed by atoms with van der Waals surface area (Å²) in [7, 11) is 0. The minimum Gasteiger partial charge on any atom is -0.456 e. The molecule has 0 atom stereocenters. The Hall–Kier alpha value is -20.0. The first-order valence-corrected chi connectivity index (χ1v) is 50.6. The molecule has 24 aromatic carbocycles. The van der Waals surface area contributed by atoms with Gasteiger partial charge in [0.2, 0.25) is 0 Å². The normalized spacial score (nSPS) is 13.0. The summed E-state index contributed by atoms with van der Waals surface area (Å²) in [6, 6.07) is 147. The zero-order valence-corrected chi connectivity index (χ0v) is 79.9. The van der Waals surface area contributed by atoms with Crippen LogP contribution in [-0.4, -0.2) is 43.6 Å². The molecule has 149 heavy (non-hydrogen) atoms. The van der Waals surface area contributed by atoms with Crippen molar-refractivity contribution in [3.63, 3.8) is 0 Å². The third kappa shape index (κ3) is 10.9. The van der Waals surface area contributed by atoms with Crippen LogP contribution in [0.25, 0.3) is 335 Å². The molecule has 36 rings (SSSR count). The van der Waals surface area contributed by atoms with E-state index in [0.29, 0.717) is 0 Å². The molecular formula is C135H75N9O5. The van der Waals surface area contributed by atoms with Gasteiger partial charge in [0.25, 0.3) is 0 Å². The smallest absolute Gasteiger partial charge is 0.165 e. The highest BCUT2D eigenvalue weighted by Gasteiger charge is 2.42. The molecule has 0 unspecified atom stereocenters. The van der Waals surface area contributed by atoms with Crippen LogP contribution >= 0.6 is 0 Å². The van der Waals surface area contributed by atoms with Gasteiger partial charge in [-0.2, -0.15) is 0 Å². The van der Waals surface area contributed by atoms with Crippen LogP contribution in [0.4, 0.5) is 0 Å². The Bertz CT molecular complexity index is 12100. The second kappa shape index (κ2) is 29.6. The van der Waals surface area contributed by atoms with Crippen LogP contribution in [0.1, 0.15) is 25.0 Å². The van der Waals surface area contributed by atoms with Crippen LogP contribution in [-0.2, 0) is 5.41 Å². The van der Waals surface area contributed by atoms with Crippen molar-refractivity contribution in [1.82, 2.24) is 43.6 Å². The quantitative estimate of drug-likeness (QED) is 0.156. The number of para-hydroxylation sites is 8. The van der Waals surface area contributed by atoms with E-state index >= 15 is 0 Å². The van der Waals surface area contributed by atoms with Crippen molar-refractivity contribution in [2.75, 3.05) is 0 Å². The molecular weight excluding hydrogens is 1830 g/mol. The molecule has 1 aliphatic carbocycles. The molecule has 0 spiro atoms. The lowest BCUT2D eigenvalue weighted by molar-refractivity contribution is 0.663. The van der Waals surface area contributed by atoms with Crippen LogP contribution in [0.2, 0.25) is 0 Å². The summed E-state index contributed by atoms with van der Waals surface area (Å²) in [5.74, 6) is 2.37. The van der Waals surface area contributed by atoms with Crippen LogP contribution in [0.3, 0.4) is 0 Å². The Morgan fingerprint density at radius 1 is 0.188 bits per heavy atom. The lowest BCUT2D eigenvalue weighted by atomic mass is 9.81. The fourth-order valence-electron chi connectivity index (χ4n) is 26.0. The van der Waals surface area contributed by atoms with Gasteiger partial charge in [-0.1, -0.05) is 311 Å². The van der Waals surface area contributed by atoms with E-state index in [9.17, 15) is 0 Å². The molecule has 1 aliphatic rings. The second-order valence-electron chi connectivity index (χ2n) is 40.2. The summed E-state index contributed by atoms with van der Waals surface area (Å²) in [6.45, 7) is 4.76. The Balaban J connectivity index is 0.0000000953. The lowest BCUT2D eigenvalue weighted by Crippen LogP contribution is -2.17. The molecule has 0 bridgehead atoms. The summed E-state index contributed by atoms with van der Waals surface area (Å²) < 4.78 is 40.7. The van der Waals surface area contributed by atoms with E-state index in [-0.39, 0.29) is 5.41 Å². The van der Waals surface area contributed by atoms with Gasteiger partial charge in [-0.3, -0.25) is 13.7 Å². The number of rotatable bonds is 6. The summed E-state index contributed by atoms with van der Waals surface area (Å²) in [6.07, 6.45) is 0. The first kappa shape index (κ1) is 80.6. The maximum absolute atomic E-state index is 6.94. The van der Waals surface area contributed by atoms with Crippen molar-refractivity contribution >= 4 is 273 Å². The van der Waals surface area contributed by atoms with Gasteiger partial charge in [-0.15, -0.1) is 0 Å². The van der Waals surface area contributed by atoms with E-state index in [1.807, 2.05) is 91.0 Å². The summed E-state index contributed by atoms with van der Waals surface area (Å²) in [4.78, 5) is 32.3. The molecule has 35 aromatic rings. The Morgan fingerprint density at radius 3 is 1.05 bits per heavy atom. The number of furan rings is 5. The van der Waals surface area contributed by atoms with Crippen LogP contribution in [0, 0.1) is 0 Å². The van der Waals surface area contributed by atoms with Crippen LogP contribution < -0.4 is 0 Å². The van der Waals surface area contributed by atoms with Crippen molar-refractivity contribution in [3.05, 3.63) is 430 Å². The van der Waals surface area contributed by atoms with Crippen molar-refractivity contribution in [2.24, 2.45) is 0 Å². The van der Waals surface area contributed by atoms with Crippen LogP contribution in [0.15, 0.2) is 441 Å². The zero-order valence-electron chi connectivity index (χ0n) is 79.9. The highest BCUT2D eigenvalue weighted by atomic mass is 16.4. The predicted octanol–water partition coefficient (Wildman–Crippen LogP) is 36.2. The number of hydrogen-bond donors (Lipinski definition) is 0. The van der Waals surface area contributed by atoms with Gasteiger partial charge in [0.15, 0.2) is 23.0 Å². The number of nitrogens with zero attached hydrogens (tertiary/aromatic N) is 9. The average molecular weight is 1900 g/mol. The average Bonchev–Trinajstić information content (AvgIpc) is 1.54. The Labute approximate surface area is 844 Å². The molecule has 0 saturated heterocycles. The maximum Gasteiger partial charge on any atom is 0.165 e. The standard InChI is InChI=1S/C47H29N3O.2C44H23N3O2/c1-47(2)33-19-9-8-17-29(33)32-25-31-28-16-7-6-15-27(28)30-18-12-22-37-39(30)42-38(51-37)24-23-36-41(42)40(31)45(43(32)47)50(36)46-44(26-13-4-3-5-14-26)48-34-20-10-11-21-35(34)49-46;1-2-11-24(12-3-1)42-44(46-31-18-8-7-17-30(31)45-42)47-32-19-10-16-27-25-13-4-5-14-26(25)29-23-36-38(28-15-6-9-20-34(28)48-36)43-39(29)41-35(49-43)22-21-33(47)40(41)37(27)32;1-2-11-24(12-3-1)41-44(46-32-18-8-7-17-31(32)45-41)47-33-21-22-36-40-37-28(16-10-20-35(37)48-36)25-13-4-5-14-26(25)29-23-30-27-15-6-9-19-34(27)49-43(30)42(47)38(29)39(33)40/h3-25H,1-2H3;2*1-23H. The third-order valence-electron chi connectivity index (χ3n) is 32.1. The largest absolute Gasteiger partial charge is 0.456 e. The Morgan fingerprint density at radius 2 is 0.530 bits per heavy atom. The minimum absolute atomic E-state index is 0.279. The lowest BCUT2D eigenvalue weighted by Gasteiger charge is -2.24. The van der Waals surface area contributed by atoms with Gasteiger partial charge in [0, 0.05) is 103 Å². The van der Waals surface area contributed by atoms with Crippen molar-refractivity contribution in [3.8, 4) is 62.4 Å². The SMILES string of the molecule is CC1(C)c2ccccc2-c2cc3c4ccccc4c4cccc5oc6ccc7c(c6c54)c3c(c21)n7-c1nc2ccccc2nc1-c1ccccc1.c1ccc(-c2nc3ccccc3nc2-n2c3ccc4oc5cccc6c7ccccc7c7cc8c9ccccc9oc8c2c7c3c4c56)cc1.c1ccc(-c2nc3ccccc3nc2-n2c3cccc4c5ccccc5c5cc6oc7ccccc7c6c6oc7ccc2c(c7c56)c43)cc1. The highest BCUT2D eigenvalue weighted by Crippen LogP contribution is 2.60. The molecule has 0 saturated carbocycles. The van der Waals surface area contributed by atoms with Gasteiger partial charge < -0.3 is 22.1 Å².